The number of aryl methyl sites for hydroxylation is 1. The smallest absolute Gasteiger partial charge is 0.311 e. The molecule has 0 spiro atoms. The number of hydrogen-bond donors (Lipinski definition) is 1. The van der Waals surface area contributed by atoms with Gasteiger partial charge in [0.2, 0.25) is 0 Å². The van der Waals surface area contributed by atoms with Gasteiger partial charge in [0.25, 0.3) is 5.91 Å². The van der Waals surface area contributed by atoms with E-state index in [9.17, 15) is 9.59 Å². The van der Waals surface area contributed by atoms with Crippen LogP contribution in [-0.4, -0.2) is 16.9 Å². The standard InChI is InChI=1S/C20H18N2O3S/c23-19(6-3-5-16-4-1-2-12-21-16)25-18-9-7-17(8-10-18)22-20(24)15-11-13-26-14-15/h1-2,4,7-14H,3,5-6H2,(H,22,24). The highest BCUT2D eigenvalue weighted by atomic mass is 32.1. The molecule has 5 nitrogen and oxygen atoms in total. The van der Waals surface area contributed by atoms with Gasteiger partial charge in [0.05, 0.1) is 5.56 Å². The lowest BCUT2D eigenvalue weighted by atomic mass is 10.2. The van der Waals surface area contributed by atoms with E-state index in [1.54, 1.807) is 41.9 Å². The number of aromatic nitrogens is 1. The number of amides is 1. The van der Waals surface area contributed by atoms with E-state index < -0.39 is 0 Å². The molecular formula is C20H18N2O3S. The summed E-state index contributed by atoms with van der Waals surface area (Å²) in [6, 6.07) is 14.3. The van der Waals surface area contributed by atoms with Gasteiger partial charge in [0.15, 0.2) is 0 Å². The van der Waals surface area contributed by atoms with Gasteiger partial charge in [-0.15, -0.1) is 0 Å². The summed E-state index contributed by atoms with van der Waals surface area (Å²) in [6.07, 6.45) is 3.49. The third kappa shape index (κ3) is 5.26. The highest BCUT2D eigenvalue weighted by molar-refractivity contribution is 7.08. The molecule has 0 bridgehead atoms. The van der Waals surface area contributed by atoms with Gasteiger partial charge >= 0.3 is 5.97 Å². The number of esters is 1. The van der Waals surface area contributed by atoms with Crippen LogP contribution in [0.3, 0.4) is 0 Å². The Morgan fingerprint density at radius 2 is 1.92 bits per heavy atom. The van der Waals surface area contributed by atoms with Crippen molar-refractivity contribution in [1.29, 1.82) is 0 Å². The van der Waals surface area contributed by atoms with Crippen LogP contribution in [0.1, 0.15) is 28.9 Å². The van der Waals surface area contributed by atoms with Crippen LogP contribution in [-0.2, 0) is 11.2 Å². The number of thiophene rings is 1. The lowest BCUT2D eigenvalue weighted by Gasteiger charge is -2.07. The monoisotopic (exact) mass is 366 g/mol. The van der Waals surface area contributed by atoms with Gasteiger partial charge in [-0.25, -0.2) is 0 Å². The summed E-state index contributed by atoms with van der Waals surface area (Å²) in [7, 11) is 0. The molecule has 0 unspecified atom stereocenters. The van der Waals surface area contributed by atoms with E-state index in [0.29, 0.717) is 29.8 Å². The number of nitrogens with zero attached hydrogens (tertiary/aromatic N) is 1. The first kappa shape index (κ1) is 17.8. The highest BCUT2D eigenvalue weighted by Gasteiger charge is 2.08. The van der Waals surface area contributed by atoms with Crippen molar-refractivity contribution in [3.63, 3.8) is 0 Å². The van der Waals surface area contributed by atoms with Crippen molar-refractivity contribution in [1.82, 2.24) is 4.98 Å². The number of rotatable bonds is 7. The summed E-state index contributed by atoms with van der Waals surface area (Å²) in [6.45, 7) is 0. The molecule has 3 rings (SSSR count). The molecule has 0 atom stereocenters. The molecule has 0 aliphatic heterocycles. The van der Waals surface area contributed by atoms with Gasteiger partial charge in [0.1, 0.15) is 5.75 Å². The Hall–Kier alpha value is -2.99. The molecule has 0 saturated carbocycles. The Kier molecular flexibility index (Phi) is 6.11. The molecule has 1 aromatic carbocycles. The third-order valence-corrected chi connectivity index (χ3v) is 4.35. The number of carbonyl (C=O) groups is 2. The first-order valence-corrected chi connectivity index (χ1v) is 9.19. The molecule has 2 heterocycles. The van der Waals surface area contributed by atoms with Gasteiger partial charge in [-0.2, -0.15) is 11.3 Å². The summed E-state index contributed by atoms with van der Waals surface area (Å²) in [5.41, 5.74) is 2.24. The van der Waals surface area contributed by atoms with Crippen LogP contribution in [0.25, 0.3) is 0 Å². The minimum Gasteiger partial charge on any atom is -0.427 e. The van der Waals surface area contributed by atoms with Crippen molar-refractivity contribution in [3.8, 4) is 5.75 Å². The van der Waals surface area contributed by atoms with Crippen LogP contribution in [0, 0.1) is 0 Å². The second kappa shape index (κ2) is 8.92. The minimum atomic E-state index is -0.281. The molecule has 0 saturated heterocycles. The number of nitrogens with one attached hydrogen (secondary N) is 1. The maximum absolute atomic E-state index is 12.0. The molecule has 2 aromatic heterocycles. The van der Waals surface area contributed by atoms with Gasteiger partial charge in [-0.1, -0.05) is 6.07 Å². The zero-order valence-electron chi connectivity index (χ0n) is 14.1. The van der Waals surface area contributed by atoms with Crippen LogP contribution < -0.4 is 10.1 Å². The van der Waals surface area contributed by atoms with E-state index in [1.165, 1.54) is 11.3 Å². The van der Waals surface area contributed by atoms with Gasteiger partial charge in [-0.3, -0.25) is 14.6 Å². The highest BCUT2D eigenvalue weighted by Crippen LogP contribution is 2.18. The maximum Gasteiger partial charge on any atom is 0.311 e. The number of carbonyl (C=O) groups excluding carboxylic acids is 2. The molecule has 0 fully saturated rings. The molecular weight excluding hydrogens is 348 g/mol. The van der Waals surface area contributed by atoms with Crippen molar-refractivity contribution in [2.24, 2.45) is 0 Å². The number of pyridine rings is 1. The maximum atomic E-state index is 12.0. The fraction of sp³-hybridized carbons (Fsp3) is 0.150. The minimum absolute atomic E-state index is 0.162. The quantitative estimate of drug-likeness (QED) is 0.499. The van der Waals surface area contributed by atoms with Crippen LogP contribution in [0.4, 0.5) is 5.69 Å². The number of ether oxygens (including phenoxy) is 1. The molecule has 1 amide bonds. The largest absolute Gasteiger partial charge is 0.427 e. The van der Waals surface area contributed by atoms with Crippen molar-refractivity contribution in [3.05, 3.63) is 76.7 Å². The fourth-order valence-electron chi connectivity index (χ4n) is 2.35. The molecule has 1 N–H and O–H groups in total. The van der Waals surface area contributed by atoms with Crippen molar-refractivity contribution >= 4 is 28.9 Å². The predicted molar refractivity (Wildman–Crippen MR) is 102 cm³/mol. The Morgan fingerprint density at radius 1 is 1.08 bits per heavy atom. The van der Waals surface area contributed by atoms with E-state index in [2.05, 4.69) is 10.3 Å². The van der Waals surface area contributed by atoms with E-state index in [1.807, 2.05) is 23.6 Å². The molecule has 6 heteroatoms. The average molecular weight is 366 g/mol. The summed E-state index contributed by atoms with van der Waals surface area (Å²) in [4.78, 5) is 28.1. The molecule has 26 heavy (non-hydrogen) atoms. The Labute approximate surface area is 155 Å². The van der Waals surface area contributed by atoms with Crippen molar-refractivity contribution in [2.45, 2.75) is 19.3 Å². The van der Waals surface area contributed by atoms with Crippen molar-refractivity contribution in [2.75, 3.05) is 5.32 Å². The Morgan fingerprint density at radius 3 is 2.62 bits per heavy atom. The van der Waals surface area contributed by atoms with Gasteiger partial charge in [-0.05, 0) is 60.7 Å². The second-order valence-corrected chi connectivity index (χ2v) is 6.42. The van der Waals surface area contributed by atoms with Gasteiger partial charge < -0.3 is 10.1 Å². The van der Waals surface area contributed by atoms with Crippen molar-refractivity contribution < 1.29 is 14.3 Å². The average Bonchev–Trinajstić information content (AvgIpc) is 3.19. The summed E-state index contributed by atoms with van der Waals surface area (Å²) in [5, 5.41) is 6.44. The lowest BCUT2D eigenvalue weighted by Crippen LogP contribution is -2.11. The molecule has 0 radical (unpaired) electrons. The lowest BCUT2D eigenvalue weighted by molar-refractivity contribution is -0.134. The number of benzene rings is 1. The van der Waals surface area contributed by atoms with E-state index in [0.717, 1.165) is 12.1 Å². The third-order valence-electron chi connectivity index (χ3n) is 3.67. The summed E-state index contributed by atoms with van der Waals surface area (Å²) < 4.78 is 5.31. The zero-order chi connectivity index (χ0) is 18.2. The molecule has 0 aliphatic rings. The Bertz CT molecular complexity index is 847. The normalized spacial score (nSPS) is 10.3. The number of anilines is 1. The van der Waals surface area contributed by atoms with Gasteiger partial charge in [0, 0.05) is 29.4 Å². The van der Waals surface area contributed by atoms with E-state index >= 15 is 0 Å². The fourth-order valence-corrected chi connectivity index (χ4v) is 2.98. The van der Waals surface area contributed by atoms with E-state index in [4.69, 9.17) is 4.74 Å². The summed E-state index contributed by atoms with van der Waals surface area (Å²) >= 11 is 1.47. The zero-order valence-corrected chi connectivity index (χ0v) is 14.9. The predicted octanol–water partition coefficient (Wildman–Crippen LogP) is 4.32. The Balaban J connectivity index is 1.44. The van der Waals surface area contributed by atoms with Crippen LogP contribution >= 0.6 is 11.3 Å². The number of hydrogen-bond acceptors (Lipinski definition) is 5. The first-order valence-electron chi connectivity index (χ1n) is 8.25. The van der Waals surface area contributed by atoms with Crippen LogP contribution in [0.15, 0.2) is 65.5 Å². The molecule has 0 aliphatic carbocycles. The topological polar surface area (TPSA) is 68.3 Å². The molecule has 3 aromatic rings. The van der Waals surface area contributed by atoms with Crippen LogP contribution in [0.2, 0.25) is 0 Å². The van der Waals surface area contributed by atoms with Crippen LogP contribution in [0.5, 0.6) is 5.75 Å². The molecule has 132 valence electrons. The second-order valence-electron chi connectivity index (χ2n) is 5.64. The SMILES string of the molecule is O=C(CCCc1ccccn1)Oc1ccc(NC(=O)c2ccsc2)cc1. The van der Waals surface area contributed by atoms with E-state index in [-0.39, 0.29) is 11.9 Å². The summed E-state index contributed by atoms with van der Waals surface area (Å²) in [5.74, 6) is 0.0166. The first-order chi connectivity index (χ1) is 12.7.